The molecule has 0 spiro atoms. The number of alkyl halides is 1. The molecule has 3 aromatic carbocycles. The van der Waals surface area contributed by atoms with Crippen molar-refractivity contribution in [3.05, 3.63) is 139 Å². The summed E-state index contributed by atoms with van der Waals surface area (Å²) in [6.45, 7) is 1.71. The van der Waals surface area contributed by atoms with Crippen molar-refractivity contribution in [1.29, 1.82) is 0 Å². The van der Waals surface area contributed by atoms with Crippen LogP contribution in [0.5, 0.6) is 0 Å². The zero-order chi connectivity index (χ0) is 35.1. The third-order valence-corrected chi connectivity index (χ3v) is 8.43. The van der Waals surface area contributed by atoms with E-state index in [9.17, 15) is 11.1 Å². The highest BCUT2D eigenvalue weighted by molar-refractivity contribution is 5.15. The molecule has 50 heavy (non-hydrogen) atoms. The first-order valence-electron chi connectivity index (χ1n) is 16.1. The second kappa shape index (κ2) is 18.9. The monoisotopic (exact) mass is 687 g/mol. The van der Waals surface area contributed by atoms with Crippen LogP contribution in [0.1, 0.15) is 23.6 Å². The second-order valence-corrected chi connectivity index (χ2v) is 11.8. The summed E-state index contributed by atoms with van der Waals surface area (Å²) in [4.78, 5) is 8.89. The SMILES string of the molecule is C[C@@H]1O[C@H](CN=[N+]=[N-])[C@@H](OC2O[C@H](COCc3ccccc3)[C@@H](OCc3ccccc3)[C@H](N=[N+]=[N-])[C@H]2N=[N+]=[N-])[C@H](OCc2ccccc2)[C@H]1F. The Morgan fingerprint density at radius 2 is 1.20 bits per heavy atom. The van der Waals surface area contributed by atoms with Crippen LogP contribution < -0.4 is 0 Å². The maximum atomic E-state index is 16.0. The van der Waals surface area contributed by atoms with E-state index in [1.807, 2.05) is 91.0 Å². The van der Waals surface area contributed by atoms with Crippen molar-refractivity contribution in [3.63, 3.8) is 0 Å². The maximum Gasteiger partial charge on any atom is 0.167 e. The van der Waals surface area contributed by atoms with Crippen molar-refractivity contribution in [2.24, 2.45) is 15.3 Å². The molecule has 262 valence electrons. The van der Waals surface area contributed by atoms with Crippen molar-refractivity contribution in [1.82, 2.24) is 0 Å². The summed E-state index contributed by atoms with van der Waals surface area (Å²) in [5, 5.41) is 11.6. The van der Waals surface area contributed by atoms with E-state index in [0.29, 0.717) is 0 Å². The normalized spacial score (nSPS) is 29.2. The van der Waals surface area contributed by atoms with Gasteiger partial charge in [0.15, 0.2) is 12.5 Å². The largest absolute Gasteiger partial charge is 0.374 e. The molecule has 0 saturated carbocycles. The molecule has 16 heteroatoms. The Balaban J connectivity index is 1.46. The number of ether oxygens (including phenoxy) is 6. The highest BCUT2D eigenvalue weighted by Crippen LogP contribution is 2.35. The molecule has 10 atom stereocenters. The molecule has 0 radical (unpaired) electrons. The Hall–Kier alpha value is -4.72. The van der Waals surface area contributed by atoms with Gasteiger partial charge in [0.05, 0.1) is 63.4 Å². The van der Waals surface area contributed by atoms with Crippen molar-refractivity contribution in [2.75, 3.05) is 13.2 Å². The third kappa shape index (κ3) is 9.71. The van der Waals surface area contributed by atoms with Gasteiger partial charge in [-0.05, 0) is 40.2 Å². The molecule has 0 aromatic heterocycles. The molecule has 2 fully saturated rings. The van der Waals surface area contributed by atoms with Crippen molar-refractivity contribution in [3.8, 4) is 0 Å². The molecule has 0 amide bonds. The van der Waals surface area contributed by atoms with Crippen LogP contribution in [0.3, 0.4) is 0 Å². The van der Waals surface area contributed by atoms with Crippen LogP contribution in [0.25, 0.3) is 31.3 Å². The Morgan fingerprint density at radius 3 is 1.76 bits per heavy atom. The molecule has 1 unspecified atom stereocenters. The van der Waals surface area contributed by atoms with Gasteiger partial charge in [0.2, 0.25) is 0 Å². The predicted octanol–water partition coefficient (Wildman–Crippen LogP) is 7.28. The molecule has 3 aromatic rings. The molecule has 0 bridgehead atoms. The Morgan fingerprint density at radius 1 is 0.660 bits per heavy atom. The first-order valence-corrected chi connectivity index (χ1v) is 16.1. The minimum atomic E-state index is -1.66. The van der Waals surface area contributed by atoms with Gasteiger partial charge in [0, 0.05) is 14.7 Å². The molecule has 2 aliphatic rings. The van der Waals surface area contributed by atoms with Gasteiger partial charge in [-0.25, -0.2) is 4.39 Å². The lowest BCUT2D eigenvalue weighted by molar-refractivity contribution is -0.310. The van der Waals surface area contributed by atoms with Gasteiger partial charge in [-0.1, -0.05) is 106 Å². The lowest BCUT2D eigenvalue weighted by Gasteiger charge is -2.47. The van der Waals surface area contributed by atoms with E-state index in [1.54, 1.807) is 6.92 Å². The molecule has 2 heterocycles. The Kier molecular flexibility index (Phi) is 13.8. The van der Waals surface area contributed by atoms with Crippen LogP contribution in [0.2, 0.25) is 0 Å². The number of azide groups is 3. The summed E-state index contributed by atoms with van der Waals surface area (Å²) >= 11 is 0. The summed E-state index contributed by atoms with van der Waals surface area (Å²) in [6, 6.07) is 25.7. The zero-order valence-electron chi connectivity index (χ0n) is 27.3. The van der Waals surface area contributed by atoms with E-state index in [4.69, 9.17) is 34.0 Å². The number of benzene rings is 3. The van der Waals surface area contributed by atoms with Crippen LogP contribution in [0, 0.1) is 0 Å². The molecule has 15 nitrogen and oxygen atoms in total. The quantitative estimate of drug-likeness (QED) is 0.0859. The van der Waals surface area contributed by atoms with Crippen LogP contribution in [0.4, 0.5) is 4.39 Å². The van der Waals surface area contributed by atoms with E-state index in [1.165, 1.54) is 0 Å². The van der Waals surface area contributed by atoms with Crippen LogP contribution in [-0.2, 0) is 48.2 Å². The topological polar surface area (TPSA) is 202 Å². The third-order valence-electron chi connectivity index (χ3n) is 8.43. The van der Waals surface area contributed by atoms with Crippen molar-refractivity contribution < 1.29 is 32.8 Å². The van der Waals surface area contributed by atoms with E-state index >= 15 is 4.39 Å². The first-order chi connectivity index (χ1) is 24.5. The molecular formula is C34H38FN9O6. The maximum absolute atomic E-state index is 16.0. The average molecular weight is 688 g/mol. The second-order valence-electron chi connectivity index (χ2n) is 11.8. The van der Waals surface area contributed by atoms with Crippen molar-refractivity contribution >= 4 is 0 Å². The number of halogens is 1. The van der Waals surface area contributed by atoms with Gasteiger partial charge in [-0.15, -0.1) is 0 Å². The summed E-state index contributed by atoms with van der Waals surface area (Å²) < 4.78 is 53.3. The molecule has 0 aliphatic carbocycles. The minimum Gasteiger partial charge on any atom is -0.374 e. The van der Waals surface area contributed by atoms with Gasteiger partial charge >= 0.3 is 0 Å². The highest BCUT2D eigenvalue weighted by atomic mass is 19.1. The zero-order valence-corrected chi connectivity index (χ0v) is 27.3. The summed E-state index contributed by atoms with van der Waals surface area (Å²) in [5.41, 5.74) is 31.0. The average Bonchev–Trinajstić information content (AvgIpc) is 3.14. The van der Waals surface area contributed by atoms with E-state index < -0.39 is 61.2 Å². The lowest BCUT2D eigenvalue weighted by atomic mass is 9.93. The summed E-state index contributed by atoms with van der Waals surface area (Å²) in [7, 11) is 0. The molecular weight excluding hydrogens is 649 g/mol. The Labute approximate surface area is 288 Å². The summed E-state index contributed by atoms with van der Waals surface area (Å²) in [5.74, 6) is 0. The van der Waals surface area contributed by atoms with Crippen molar-refractivity contribution in [2.45, 2.75) is 87.9 Å². The standard InChI is InChI=1S/C34H38FN9O6/c1-22-28(35)33(47-20-25-15-9-4-10-16-25)32(26(48-22)17-39-42-36)50-34-30(41-44-38)29(40-43-37)31(46-19-24-13-7-3-8-14-24)27(49-34)21-45-18-23-11-5-2-6-12-23/h2-16,22,26-34H,17-21H2,1H3/t22-,26+,27+,28-,29+,30+,31+,32+,33+,34?/m0/s1. The van der Waals surface area contributed by atoms with E-state index in [-0.39, 0.29) is 33.0 Å². The number of hydrogen-bond acceptors (Lipinski definition) is 9. The Bertz CT molecular complexity index is 1630. The van der Waals surface area contributed by atoms with Crippen LogP contribution >= 0.6 is 0 Å². The minimum absolute atomic E-state index is 0.0331. The summed E-state index contributed by atoms with van der Waals surface area (Å²) in [6.07, 6.45) is -9.25. The van der Waals surface area contributed by atoms with Gasteiger partial charge in [-0.3, -0.25) is 0 Å². The lowest BCUT2D eigenvalue weighted by Crippen LogP contribution is -2.63. The van der Waals surface area contributed by atoms with Gasteiger partial charge in [0.25, 0.3) is 0 Å². The number of nitrogens with zero attached hydrogens (tertiary/aromatic N) is 9. The smallest absolute Gasteiger partial charge is 0.167 e. The van der Waals surface area contributed by atoms with Crippen LogP contribution in [-0.4, -0.2) is 74.3 Å². The van der Waals surface area contributed by atoms with Crippen LogP contribution in [0.15, 0.2) is 106 Å². The highest BCUT2D eigenvalue weighted by Gasteiger charge is 2.52. The first kappa shape index (κ1) is 36.6. The predicted molar refractivity (Wildman–Crippen MR) is 179 cm³/mol. The molecule has 5 rings (SSSR count). The fraction of sp³-hybridized carbons (Fsp3) is 0.471. The molecule has 2 aliphatic heterocycles. The fourth-order valence-corrected chi connectivity index (χ4v) is 5.99. The van der Waals surface area contributed by atoms with Gasteiger partial charge in [0.1, 0.15) is 18.3 Å². The van der Waals surface area contributed by atoms with Gasteiger partial charge < -0.3 is 28.4 Å². The van der Waals surface area contributed by atoms with E-state index in [2.05, 4.69) is 30.1 Å². The molecule has 2 saturated heterocycles. The fourth-order valence-electron chi connectivity index (χ4n) is 5.99. The number of hydrogen-bond donors (Lipinski definition) is 0. The van der Waals surface area contributed by atoms with Gasteiger partial charge in [-0.2, -0.15) is 0 Å². The van der Waals surface area contributed by atoms with E-state index in [0.717, 1.165) is 16.7 Å². The molecule has 0 N–H and O–H groups in total. The number of rotatable bonds is 16.